The van der Waals surface area contributed by atoms with Crippen LogP contribution in [-0.4, -0.2) is 28.1 Å². The van der Waals surface area contributed by atoms with Crippen LogP contribution < -0.4 is 5.32 Å². The summed E-state index contributed by atoms with van der Waals surface area (Å²) in [6.45, 7) is -0.115. The first-order chi connectivity index (χ1) is 11.3. The van der Waals surface area contributed by atoms with Crippen molar-refractivity contribution >= 4 is 23.2 Å². The first-order valence-electron chi connectivity index (χ1n) is 6.83. The minimum absolute atomic E-state index is 0.0163. The van der Waals surface area contributed by atoms with Crippen LogP contribution in [0.4, 0.5) is 13.2 Å². The van der Waals surface area contributed by atoms with Gasteiger partial charge in [-0.1, -0.05) is 30.3 Å². The largest absolute Gasteiger partial charge is 0.476 e. The maximum atomic E-state index is 13.2. The molecule has 24 heavy (non-hydrogen) atoms. The molecule has 2 rings (SSSR count). The van der Waals surface area contributed by atoms with Crippen molar-refractivity contribution in [3.8, 4) is 0 Å². The van der Waals surface area contributed by atoms with Crippen molar-refractivity contribution in [1.29, 1.82) is 0 Å². The Hall–Kier alpha value is -2.42. The Morgan fingerprint density at radius 2 is 1.92 bits per heavy atom. The second-order valence-electron chi connectivity index (χ2n) is 4.92. The van der Waals surface area contributed by atoms with E-state index in [9.17, 15) is 22.8 Å². The molecule has 0 aliphatic heterocycles. The number of amides is 1. The third kappa shape index (κ3) is 4.79. The van der Waals surface area contributed by atoms with Gasteiger partial charge in [0.2, 0.25) is 5.91 Å². The normalized spacial score (nSPS) is 12.6. The average Bonchev–Trinajstić information content (AvgIpc) is 2.99. The van der Waals surface area contributed by atoms with Crippen molar-refractivity contribution in [3.05, 3.63) is 52.0 Å². The summed E-state index contributed by atoms with van der Waals surface area (Å²) in [5.41, 5.74) is -0.149. The average molecular weight is 358 g/mol. The van der Waals surface area contributed by atoms with Crippen molar-refractivity contribution in [3.63, 3.8) is 0 Å². The Balaban J connectivity index is 1.99. The van der Waals surface area contributed by atoms with Gasteiger partial charge in [0.15, 0.2) is 5.69 Å². The van der Waals surface area contributed by atoms with Crippen LogP contribution in [0.25, 0.3) is 0 Å². The van der Waals surface area contributed by atoms with Crippen molar-refractivity contribution in [2.24, 2.45) is 0 Å². The zero-order valence-electron chi connectivity index (χ0n) is 12.2. The maximum Gasteiger partial charge on any atom is 0.396 e. The van der Waals surface area contributed by atoms with E-state index in [1.54, 1.807) is 6.07 Å². The van der Waals surface area contributed by atoms with Gasteiger partial charge in [0, 0.05) is 11.8 Å². The Morgan fingerprint density at radius 1 is 1.25 bits per heavy atom. The molecule has 1 heterocycles. The number of benzene rings is 1. The van der Waals surface area contributed by atoms with Gasteiger partial charge in [0.05, 0.1) is 12.5 Å². The number of thiazole rings is 1. The smallest absolute Gasteiger partial charge is 0.396 e. The Bertz CT molecular complexity index is 716. The predicted octanol–water partition coefficient (Wildman–Crippen LogP) is 3.19. The van der Waals surface area contributed by atoms with Gasteiger partial charge in [-0.15, -0.1) is 11.3 Å². The van der Waals surface area contributed by atoms with Gasteiger partial charge in [0.1, 0.15) is 5.01 Å². The summed E-state index contributed by atoms with van der Waals surface area (Å²) in [5, 5.41) is 12.7. The van der Waals surface area contributed by atoms with Crippen LogP contribution in [0.1, 0.15) is 33.4 Å². The zero-order chi connectivity index (χ0) is 17.7. The summed E-state index contributed by atoms with van der Waals surface area (Å²) in [4.78, 5) is 26.3. The first kappa shape index (κ1) is 17.9. The molecule has 1 amide bonds. The standard InChI is InChI=1S/C15H13F3N2O3S/c16-15(17,18)10(9-4-2-1-3-5-9)6-12(21)19-7-13-20-11(8-24-13)14(22)23/h1-5,8,10H,6-7H2,(H,19,21)(H,22,23). The Labute approximate surface area is 139 Å². The van der Waals surface area contributed by atoms with Crippen molar-refractivity contribution < 1.29 is 27.9 Å². The molecule has 0 spiro atoms. The minimum atomic E-state index is -4.55. The van der Waals surface area contributed by atoms with Crippen molar-refractivity contribution in [2.45, 2.75) is 25.1 Å². The van der Waals surface area contributed by atoms with E-state index in [4.69, 9.17) is 5.11 Å². The highest BCUT2D eigenvalue weighted by atomic mass is 32.1. The maximum absolute atomic E-state index is 13.2. The molecular weight excluding hydrogens is 345 g/mol. The molecule has 1 unspecified atom stereocenters. The van der Waals surface area contributed by atoms with E-state index in [1.165, 1.54) is 29.6 Å². The number of carbonyl (C=O) groups excluding carboxylic acids is 1. The number of carbonyl (C=O) groups is 2. The van der Waals surface area contributed by atoms with Crippen LogP contribution >= 0.6 is 11.3 Å². The highest BCUT2D eigenvalue weighted by Gasteiger charge is 2.41. The molecule has 0 fully saturated rings. The van der Waals surface area contributed by atoms with Crippen LogP contribution in [-0.2, 0) is 11.3 Å². The number of hydrogen-bond acceptors (Lipinski definition) is 4. The van der Waals surface area contributed by atoms with E-state index in [2.05, 4.69) is 10.3 Å². The van der Waals surface area contributed by atoms with E-state index in [0.29, 0.717) is 5.01 Å². The molecule has 1 aromatic heterocycles. The number of nitrogens with one attached hydrogen (secondary N) is 1. The van der Waals surface area contributed by atoms with Gasteiger partial charge in [-0.25, -0.2) is 9.78 Å². The van der Waals surface area contributed by atoms with Gasteiger partial charge >= 0.3 is 12.1 Å². The lowest BCUT2D eigenvalue weighted by molar-refractivity contribution is -0.157. The summed E-state index contributed by atoms with van der Waals surface area (Å²) < 4.78 is 39.5. The lowest BCUT2D eigenvalue weighted by Gasteiger charge is -2.20. The topological polar surface area (TPSA) is 79.3 Å². The van der Waals surface area contributed by atoms with E-state index >= 15 is 0 Å². The number of carboxylic acid groups (broad SMARTS) is 1. The molecule has 2 aromatic rings. The number of halogens is 3. The minimum Gasteiger partial charge on any atom is -0.476 e. The third-order valence-corrected chi connectivity index (χ3v) is 4.04. The van der Waals surface area contributed by atoms with Crippen LogP contribution in [0.15, 0.2) is 35.7 Å². The monoisotopic (exact) mass is 358 g/mol. The predicted molar refractivity (Wildman–Crippen MR) is 80.8 cm³/mol. The van der Waals surface area contributed by atoms with Gasteiger partial charge in [-0.3, -0.25) is 4.79 Å². The SMILES string of the molecule is O=C(CC(c1ccccc1)C(F)(F)F)NCc1nc(C(=O)O)cs1. The lowest BCUT2D eigenvalue weighted by Crippen LogP contribution is -2.30. The lowest BCUT2D eigenvalue weighted by atomic mass is 9.95. The fourth-order valence-corrected chi connectivity index (χ4v) is 2.74. The molecule has 0 bridgehead atoms. The molecule has 128 valence electrons. The summed E-state index contributed by atoms with van der Waals surface area (Å²) >= 11 is 1.01. The fourth-order valence-electron chi connectivity index (χ4n) is 2.03. The Kier molecular flexibility index (Phi) is 5.55. The number of aromatic nitrogens is 1. The highest BCUT2D eigenvalue weighted by Crippen LogP contribution is 2.37. The molecular formula is C15H13F3N2O3S. The highest BCUT2D eigenvalue weighted by molar-refractivity contribution is 7.09. The number of alkyl halides is 3. The summed E-state index contributed by atoms with van der Waals surface area (Å²) in [7, 11) is 0. The second-order valence-corrected chi connectivity index (χ2v) is 5.86. The van der Waals surface area contributed by atoms with Gasteiger partial charge < -0.3 is 10.4 Å². The van der Waals surface area contributed by atoms with Crippen LogP contribution in [0, 0.1) is 0 Å². The quantitative estimate of drug-likeness (QED) is 0.831. The molecule has 0 aliphatic carbocycles. The van der Waals surface area contributed by atoms with E-state index < -0.39 is 30.4 Å². The Morgan fingerprint density at radius 3 is 2.46 bits per heavy atom. The van der Waals surface area contributed by atoms with Gasteiger partial charge in [-0.2, -0.15) is 13.2 Å². The molecule has 1 aromatic carbocycles. The second kappa shape index (κ2) is 7.43. The summed E-state index contributed by atoms with van der Waals surface area (Å²) in [6, 6.07) is 7.21. The van der Waals surface area contributed by atoms with Gasteiger partial charge in [-0.05, 0) is 5.56 Å². The van der Waals surface area contributed by atoms with Crippen LogP contribution in [0.3, 0.4) is 0 Å². The number of aromatic carboxylic acids is 1. The summed E-state index contributed by atoms with van der Waals surface area (Å²) in [5.74, 6) is -3.89. The first-order valence-corrected chi connectivity index (χ1v) is 7.71. The zero-order valence-corrected chi connectivity index (χ0v) is 13.0. The number of nitrogens with zero attached hydrogens (tertiary/aromatic N) is 1. The number of rotatable bonds is 6. The molecule has 0 radical (unpaired) electrons. The molecule has 0 aliphatic rings. The third-order valence-electron chi connectivity index (χ3n) is 3.19. The molecule has 0 saturated heterocycles. The van der Waals surface area contributed by atoms with Crippen LogP contribution in [0.5, 0.6) is 0 Å². The van der Waals surface area contributed by atoms with E-state index in [0.717, 1.165) is 11.3 Å². The van der Waals surface area contributed by atoms with Gasteiger partial charge in [0.25, 0.3) is 0 Å². The molecule has 2 N–H and O–H groups in total. The molecule has 1 atom stereocenters. The van der Waals surface area contributed by atoms with Crippen molar-refractivity contribution in [1.82, 2.24) is 10.3 Å². The number of carboxylic acids is 1. The molecule has 5 nitrogen and oxygen atoms in total. The van der Waals surface area contributed by atoms with Crippen molar-refractivity contribution in [2.75, 3.05) is 0 Å². The van der Waals surface area contributed by atoms with E-state index in [1.807, 2.05) is 0 Å². The fraction of sp³-hybridized carbons (Fsp3) is 0.267. The van der Waals surface area contributed by atoms with Crippen LogP contribution in [0.2, 0.25) is 0 Å². The van der Waals surface area contributed by atoms with E-state index in [-0.39, 0.29) is 17.8 Å². The molecule has 9 heteroatoms. The number of hydrogen-bond donors (Lipinski definition) is 2. The molecule has 0 saturated carbocycles. The summed E-state index contributed by atoms with van der Waals surface area (Å²) in [6.07, 6.45) is -5.29.